The van der Waals surface area contributed by atoms with Gasteiger partial charge in [0.2, 0.25) is 11.8 Å². The Hall–Kier alpha value is -0.900. The van der Waals surface area contributed by atoms with Crippen LogP contribution in [0.1, 0.15) is 39.5 Å². The van der Waals surface area contributed by atoms with E-state index in [0.29, 0.717) is 6.42 Å². The molecule has 0 bridgehead atoms. The molecule has 0 radical (unpaired) electrons. The molecule has 2 amide bonds. The summed E-state index contributed by atoms with van der Waals surface area (Å²) in [6.07, 6.45) is 3.13. The first-order chi connectivity index (χ1) is 6.13. The summed E-state index contributed by atoms with van der Waals surface area (Å²) < 4.78 is 0. The topological polar surface area (TPSA) is 57.6 Å². The lowest BCUT2D eigenvalue weighted by Gasteiger charge is -2.15. The molecule has 0 fully saturated rings. The zero-order valence-corrected chi connectivity index (χ0v) is 8.25. The third kappa shape index (κ3) is 4.62. The second-order valence-electron chi connectivity index (χ2n) is 2.94. The van der Waals surface area contributed by atoms with Crippen molar-refractivity contribution in [2.45, 2.75) is 39.5 Å². The van der Waals surface area contributed by atoms with Crippen LogP contribution in [0.25, 0.3) is 0 Å². The highest BCUT2D eigenvalue weighted by atomic mass is 16.3. The Labute approximate surface area is 78.5 Å². The first-order valence-corrected chi connectivity index (χ1v) is 4.55. The molecular formula is C9H17NO3. The maximum Gasteiger partial charge on any atom is 0.231 e. The first kappa shape index (κ1) is 12.1. The quantitative estimate of drug-likeness (QED) is 0.513. The Morgan fingerprint density at radius 1 is 1.31 bits per heavy atom. The minimum Gasteiger partial charge on any atom is -0.376 e. The molecule has 0 aliphatic carbocycles. The fraction of sp³-hybridized carbons (Fsp3) is 0.778. The normalized spacial score (nSPS) is 9.77. The number of aliphatic hydroxyl groups is 1. The highest BCUT2D eigenvalue weighted by molar-refractivity contribution is 5.93. The second-order valence-corrected chi connectivity index (χ2v) is 2.94. The van der Waals surface area contributed by atoms with E-state index in [1.54, 1.807) is 0 Å². The van der Waals surface area contributed by atoms with Crippen LogP contribution in [0.3, 0.4) is 0 Å². The predicted molar refractivity (Wildman–Crippen MR) is 48.8 cm³/mol. The van der Waals surface area contributed by atoms with E-state index in [9.17, 15) is 9.59 Å². The Morgan fingerprint density at radius 3 is 2.31 bits per heavy atom. The molecule has 0 saturated heterocycles. The lowest BCUT2D eigenvalue weighted by molar-refractivity contribution is -0.147. The van der Waals surface area contributed by atoms with Crippen LogP contribution in [0, 0.1) is 0 Å². The number of aliphatic hydroxyl groups excluding tert-OH is 1. The summed E-state index contributed by atoms with van der Waals surface area (Å²) in [5, 5.41) is 8.71. The molecule has 0 heterocycles. The van der Waals surface area contributed by atoms with Gasteiger partial charge in [-0.2, -0.15) is 0 Å². The van der Waals surface area contributed by atoms with Crippen molar-refractivity contribution in [2.75, 3.05) is 6.73 Å². The average Bonchev–Trinajstić information content (AvgIpc) is 2.05. The summed E-state index contributed by atoms with van der Waals surface area (Å²) in [6.45, 7) is 2.80. The SMILES string of the molecule is CCCCCC(=O)N(CO)C(C)=O. The van der Waals surface area contributed by atoms with Crippen molar-refractivity contribution in [1.82, 2.24) is 4.90 Å². The van der Waals surface area contributed by atoms with Crippen LogP contribution in [-0.2, 0) is 9.59 Å². The van der Waals surface area contributed by atoms with Crippen molar-refractivity contribution in [3.63, 3.8) is 0 Å². The van der Waals surface area contributed by atoms with Gasteiger partial charge in [0, 0.05) is 13.3 Å². The van der Waals surface area contributed by atoms with E-state index in [4.69, 9.17) is 5.11 Å². The van der Waals surface area contributed by atoms with Gasteiger partial charge < -0.3 is 5.11 Å². The summed E-state index contributed by atoms with van der Waals surface area (Å²) >= 11 is 0. The third-order valence-corrected chi connectivity index (χ3v) is 1.82. The smallest absolute Gasteiger partial charge is 0.231 e. The molecule has 76 valence electrons. The number of nitrogens with zero attached hydrogens (tertiary/aromatic N) is 1. The van der Waals surface area contributed by atoms with Crippen LogP contribution >= 0.6 is 0 Å². The number of carbonyl (C=O) groups is 2. The number of amides is 2. The fourth-order valence-electron chi connectivity index (χ4n) is 1.02. The number of imide groups is 1. The third-order valence-electron chi connectivity index (χ3n) is 1.82. The van der Waals surface area contributed by atoms with Crippen molar-refractivity contribution in [3.05, 3.63) is 0 Å². The largest absolute Gasteiger partial charge is 0.376 e. The van der Waals surface area contributed by atoms with E-state index in [-0.39, 0.29) is 5.91 Å². The zero-order chi connectivity index (χ0) is 10.3. The van der Waals surface area contributed by atoms with Gasteiger partial charge in [-0.05, 0) is 6.42 Å². The molecule has 4 heteroatoms. The standard InChI is InChI=1S/C9H17NO3/c1-3-4-5-6-9(13)10(7-11)8(2)12/h11H,3-7H2,1-2H3. The van der Waals surface area contributed by atoms with E-state index < -0.39 is 12.6 Å². The van der Waals surface area contributed by atoms with Crippen LogP contribution in [0.4, 0.5) is 0 Å². The average molecular weight is 187 g/mol. The molecule has 0 spiro atoms. The lowest BCUT2D eigenvalue weighted by atomic mass is 10.2. The van der Waals surface area contributed by atoms with Crippen molar-refractivity contribution in [2.24, 2.45) is 0 Å². The summed E-state index contributed by atoms with van der Waals surface area (Å²) in [5.41, 5.74) is 0. The van der Waals surface area contributed by atoms with E-state index >= 15 is 0 Å². The molecule has 0 aromatic rings. The van der Waals surface area contributed by atoms with Gasteiger partial charge in [0.1, 0.15) is 6.73 Å². The molecule has 0 unspecified atom stereocenters. The first-order valence-electron chi connectivity index (χ1n) is 4.55. The van der Waals surface area contributed by atoms with Crippen molar-refractivity contribution < 1.29 is 14.7 Å². The molecule has 1 N–H and O–H groups in total. The maximum absolute atomic E-state index is 11.2. The summed E-state index contributed by atoms with van der Waals surface area (Å²) in [6, 6.07) is 0. The highest BCUT2D eigenvalue weighted by Crippen LogP contribution is 2.02. The summed E-state index contributed by atoms with van der Waals surface area (Å²) in [4.78, 5) is 22.9. The molecule has 13 heavy (non-hydrogen) atoms. The number of carbonyl (C=O) groups excluding carboxylic acids is 2. The minimum absolute atomic E-state index is 0.288. The van der Waals surface area contributed by atoms with Crippen molar-refractivity contribution in [1.29, 1.82) is 0 Å². The van der Waals surface area contributed by atoms with E-state index in [2.05, 4.69) is 0 Å². The molecule has 0 saturated carbocycles. The molecule has 0 aromatic carbocycles. The van der Waals surface area contributed by atoms with Crippen molar-refractivity contribution in [3.8, 4) is 0 Å². The minimum atomic E-state index is -0.514. The number of unbranched alkanes of at least 4 members (excludes halogenated alkanes) is 2. The number of hydrogen-bond donors (Lipinski definition) is 1. The van der Waals surface area contributed by atoms with Gasteiger partial charge in [-0.15, -0.1) is 0 Å². The number of hydrogen-bond acceptors (Lipinski definition) is 3. The second kappa shape index (κ2) is 6.60. The van der Waals surface area contributed by atoms with Gasteiger partial charge >= 0.3 is 0 Å². The van der Waals surface area contributed by atoms with Gasteiger partial charge in [-0.1, -0.05) is 19.8 Å². The molecular weight excluding hydrogens is 170 g/mol. The van der Waals surface area contributed by atoms with Crippen LogP contribution in [0.2, 0.25) is 0 Å². The lowest BCUT2D eigenvalue weighted by Crippen LogP contribution is -2.35. The van der Waals surface area contributed by atoms with Gasteiger partial charge in [0.05, 0.1) is 0 Å². The fourth-order valence-corrected chi connectivity index (χ4v) is 1.02. The predicted octanol–water partition coefficient (Wildman–Crippen LogP) is 0.892. The van der Waals surface area contributed by atoms with Gasteiger partial charge in [0.15, 0.2) is 0 Å². The number of rotatable bonds is 5. The monoisotopic (exact) mass is 187 g/mol. The van der Waals surface area contributed by atoms with Gasteiger partial charge in [-0.25, -0.2) is 0 Å². The Morgan fingerprint density at radius 2 is 1.92 bits per heavy atom. The van der Waals surface area contributed by atoms with Gasteiger partial charge in [0.25, 0.3) is 0 Å². The van der Waals surface area contributed by atoms with E-state index in [1.165, 1.54) is 6.92 Å². The maximum atomic E-state index is 11.2. The zero-order valence-electron chi connectivity index (χ0n) is 8.25. The molecule has 0 atom stereocenters. The van der Waals surface area contributed by atoms with E-state index in [1.807, 2.05) is 6.92 Å². The summed E-state index contributed by atoms with van der Waals surface area (Å²) in [7, 11) is 0. The van der Waals surface area contributed by atoms with Crippen LogP contribution in [-0.4, -0.2) is 28.6 Å². The molecule has 0 aromatic heterocycles. The van der Waals surface area contributed by atoms with Crippen LogP contribution in [0.5, 0.6) is 0 Å². The van der Waals surface area contributed by atoms with Crippen LogP contribution < -0.4 is 0 Å². The molecule has 0 rings (SSSR count). The molecule has 4 nitrogen and oxygen atoms in total. The highest BCUT2D eigenvalue weighted by Gasteiger charge is 2.15. The Balaban J connectivity index is 3.85. The van der Waals surface area contributed by atoms with Crippen molar-refractivity contribution >= 4 is 11.8 Å². The molecule has 0 aliphatic heterocycles. The van der Waals surface area contributed by atoms with E-state index in [0.717, 1.165) is 24.2 Å². The molecule has 0 aliphatic rings. The summed E-state index contributed by atoms with van der Waals surface area (Å²) in [5.74, 6) is -0.688. The Kier molecular flexibility index (Phi) is 6.14. The van der Waals surface area contributed by atoms with Crippen LogP contribution in [0.15, 0.2) is 0 Å². The van der Waals surface area contributed by atoms with Gasteiger partial charge in [-0.3, -0.25) is 14.5 Å². The Bertz CT molecular complexity index is 180.